The van der Waals surface area contributed by atoms with Gasteiger partial charge >= 0.3 is 10.1 Å². The van der Waals surface area contributed by atoms with Crippen LogP contribution in [0.5, 0.6) is 11.5 Å². The lowest BCUT2D eigenvalue weighted by Gasteiger charge is -2.11. The molecule has 0 radical (unpaired) electrons. The molecule has 28 heavy (non-hydrogen) atoms. The molecule has 0 unspecified atom stereocenters. The number of methoxy groups -OCH3 is 1. The van der Waals surface area contributed by atoms with Crippen molar-refractivity contribution in [3.8, 4) is 11.5 Å². The first-order valence-electron chi connectivity index (χ1n) is 8.20. The summed E-state index contributed by atoms with van der Waals surface area (Å²) in [5.41, 5.74) is 4.45. The lowest BCUT2D eigenvalue weighted by atomic mass is 10.2. The fraction of sp³-hybridized carbons (Fsp3) is 0.0500. The van der Waals surface area contributed by atoms with Crippen molar-refractivity contribution in [3.05, 3.63) is 83.4 Å². The van der Waals surface area contributed by atoms with Crippen molar-refractivity contribution in [3.63, 3.8) is 0 Å². The van der Waals surface area contributed by atoms with Crippen LogP contribution in [0.3, 0.4) is 0 Å². The van der Waals surface area contributed by atoms with E-state index in [1.165, 1.54) is 37.4 Å². The highest BCUT2D eigenvalue weighted by Crippen LogP contribution is 2.30. The van der Waals surface area contributed by atoms with E-state index < -0.39 is 10.1 Å². The lowest BCUT2D eigenvalue weighted by molar-refractivity contribution is 0.390. The second-order valence-electron chi connectivity index (χ2n) is 5.64. The largest absolute Gasteiger partial charge is 0.493 e. The Kier molecular flexibility index (Phi) is 6.18. The summed E-state index contributed by atoms with van der Waals surface area (Å²) in [4.78, 5) is -0.00310. The molecule has 8 heteroatoms. The van der Waals surface area contributed by atoms with Gasteiger partial charge in [0, 0.05) is 5.02 Å². The number of anilines is 1. The first kappa shape index (κ1) is 19.7. The number of nitrogens with zero attached hydrogens (tertiary/aromatic N) is 1. The van der Waals surface area contributed by atoms with Gasteiger partial charge in [-0.15, -0.1) is 0 Å². The van der Waals surface area contributed by atoms with Crippen molar-refractivity contribution in [1.29, 1.82) is 0 Å². The number of halogens is 1. The molecule has 3 aromatic carbocycles. The van der Waals surface area contributed by atoms with Gasteiger partial charge in [0.05, 0.1) is 19.0 Å². The summed E-state index contributed by atoms with van der Waals surface area (Å²) in [5, 5.41) is 4.58. The maximum absolute atomic E-state index is 12.4. The fourth-order valence-electron chi connectivity index (χ4n) is 2.29. The van der Waals surface area contributed by atoms with Crippen molar-refractivity contribution < 1.29 is 17.3 Å². The van der Waals surface area contributed by atoms with E-state index in [1.54, 1.807) is 18.3 Å². The van der Waals surface area contributed by atoms with Crippen LogP contribution in [0, 0.1) is 0 Å². The van der Waals surface area contributed by atoms with Gasteiger partial charge in [0.2, 0.25) is 0 Å². The molecule has 0 amide bonds. The zero-order chi connectivity index (χ0) is 20.0. The maximum Gasteiger partial charge on any atom is 0.339 e. The van der Waals surface area contributed by atoms with E-state index in [1.807, 2.05) is 30.3 Å². The van der Waals surface area contributed by atoms with Gasteiger partial charge in [0.25, 0.3) is 0 Å². The number of hydrogen-bond donors (Lipinski definition) is 1. The third kappa shape index (κ3) is 5.03. The molecule has 0 saturated carbocycles. The minimum Gasteiger partial charge on any atom is -0.493 e. The van der Waals surface area contributed by atoms with E-state index in [4.69, 9.17) is 20.5 Å². The summed E-state index contributed by atoms with van der Waals surface area (Å²) in [6.45, 7) is 0. The first-order valence-corrected chi connectivity index (χ1v) is 9.99. The smallest absolute Gasteiger partial charge is 0.339 e. The standard InChI is InChI=1S/C20H17ClN2O4S/c1-26-20-13-15(14-22-23-17-5-3-2-4-6-17)7-12-19(20)27-28(24,25)18-10-8-16(21)9-11-18/h2-14,23H,1H3. The van der Waals surface area contributed by atoms with Crippen LogP contribution in [0.2, 0.25) is 5.02 Å². The fourth-order valence-corrected chi connectivity index (χ4v) is 3.36. The summed E-state index contributed by atoms with van der Waals surface area (Å²) in [6, 6.07) is 20.0. The molecule has 0 spiro atoms. The zero-order valence-electron chi connectivity index (χ0n) is 14.9. The summed E-state index contributed by atoms with van der Waals surface area (Å²) < 4.78 is 35.4. The highest BCUT2D eigenvalue weighted by Gasteiger charge is 2.19. The average molecular weight is 417 g/mol. The third-order valence-corrected chi connectivity index (χ3v) is 5.17. The van der Waals surface area contributed by atoms with Gasteiger partial charge in [-0.2, -0.15) is 13.5 Å². The number of nitrogens with one attached hydrogen (secondary N) is 1. The monoisotopic (exact) mass is 416 g/mol. The van der Waals surface area contributed by atoms with Crippen molar-refractivity contribution in [2.45, 2.75) is 4.90 Å². The Morgan fingerprint density at radius 1 is 0.964 bits per heavy atom. The molecule has 0 fully saturated rings. The zero-order valence-corrected chi connectivity index (χ0v) is 16.4. The van der Waals surface area contributed by atoms with Crippen LogP contribution in [0.25, 0.3) is 0 Å². The molecule has 144 valence electrons. The number of benzene rings is 3. The Hall–Kier alpha value is -3.03. The van der Waals surface area contributed by atoms with Gasteiger partial charge in [-0.3, -0.25) is 5.43 Å². The average Bonchev–Trinajstić information content (AvgIpc) is 2.70. The van der Waals surface area contributed by atoms with Gasteiger partial charge < -0.3 is 8.92 Å². The van der Waals surface area contributed by atoms with Crippen molar-refractivity contribution in [2.75, 3.05) is 12.5 Å². The predicted molar refractivity (Wildman–Crippen MR) is 110 cm³/mol. The predicted octanol–water partition coefficient (Wildman–Crippen LogP) is 4.56. The molecule has 0 aliphatic rings. The van der Waals surface area contributed by atoms with Crippen LogP contribution in [0.4, 0.5) is 5.69 Å². The number of rotatable bonds is 7. The highest BCUT2D eigenvalue weighted by molar-refractivity contribution is 7.87. The van der Waals surface area contributed by atoms with E-state index >= 15 is 0 Å². The van der Waals surface area contributed by atoms with Gasteiger partial charge in [-0.25, -0.2) is 0 Å². The molecule has 0 aromatic heterocycles. The van der Waals surface area contributed by atoms with Gasteiger partial charge in [-0.1, -0.05) is 29.8 Å². The van der Waals surface area contributed by atoms with Crippen molar-refractivity contribution in [2.24, 2.45) is 5.10 Å². The van der Waals surface area contributed by atoms with Crippen LogP contribution in [-0.4, -0.2) is 21.7 Å². The maximum atomic E-state index is 12.4. The number of para-hydroxylation sites is 1. The van der Waals surface area contributed by atoms with Gasteiger partial charge in [0.1, 0.15) is 4.90 Å². The molecular weight excluding hydrogens is 400 g/mol. The first-order chi connectivity index (χ1) is 13.5. The topological polar surface area (TPSA) is 77.0 Å². The highest BCUT2D eigenvalue weighted by atomic mass is 35.5. The summed E-state index contributed by atoms with van der Waals surface area (Å²) in [5.74, 6) is 0.340. The molecule has 1 N–H and O–H groups in total. The SMILES string of the molecule is COc1cc(C=NNc2ccccc2)ccc1OS(=O)(=O)c1ccc(Cl)cc1. The summed E-state index contributed by atoms with van der Waals surface area (Å²) >= 11 is 5.79. The molecule has 0 aliphatic heterocycles. The van der Waals surface area contributed by atoms with Gasteiger partial charge in [-0.05, 0) is 60.2 Å². The Labute approximate surface area is 168 Å². The molecule has 0 atom stereocenters. The molecular formula is C20H17ClN2O4S. The van der Waals surface area contributed by atoms with Crippen LogP contribution in [0.1, 0.15) is 5.56 Å². The number of hydrogen-bond acceptors (Lipinski definition) is 6. The second-order valence-corrected chi connectivity index (χ2v) is 7.62. The molecule has 3 aromatic rings. The molecule has 6 nitrogen and oxygen atoms in total. The Morgan fingerprint density at radius 3 is 2.36 bits per heavy atom. The molecule has 0 saturated heterocycles. The molecule has 0 aliphatic carbocycles. The Balaban J connectivity index is 1.76. The normalized spacial score (nSPS) is 11.4. The van der Waals surface area contributed by atoms with E-state index in [-0.39, 0.29) is 16.4 Å². The third-order valence-electron chi connectivity index (χ3n) is 3.67. The van der Waals surface area contributed by atoms with E-state index in [2.05, 4.69) is 10.5 Å². The van der Waals surface area contributed by atoms with Gasteiger partial charge in [0.15, 0.2) is 11.5 Å². The second kappa shape index (κ2) is 8.77. The Bertz CT molecular complexity index is 1070. The quantitative estimate of drug-likeness (QED) is 0.347. The minimum absolute atomic E-state index is 0.00310. The summed E-state index contributed by atoms with van der Waals surface area (Å²) in [6.07, 6.45) is 1.59. The van der Waals surface area contributed by atoms with Crippen molar-refractivity contribution >= 4 is 33.6 Å². The van der Waals surface area contributed by atoms with E-state index in [9.17, 15) is 8.42 Å². The minimum atomic E-state index is -4.01. The van der Waals surface area contributed by atoms with E-state index in [0.29, 0.717) is 10.6 Å². The van der Waals surface area contributed by atoms with Crippen LogP contribution >= 0.6 is 11.6 Å². The number of ether oxygens (including phenoxy) is 1. The molecule has 3 rings (SSSR count). The number of hydrazone groups is 1. The summed E-state index contributed by atoms with van der Waals surface area (Å²) in [7, 11) is -2.58. The Morgan fingerprint density at radius 2 is 1.68 bits per heavy atom. The lowest BCUT2D eigenvalue weighted by Crippen LogP contribution is -2.10. The van der Waals surface area contributed by atoms with Crippen molar-refractivity contribution in [1.82, 2.24) is 0 Å². The van der Waals surface area contributed by atoms with Crippen LogP contribution in [-0.2, 0) is 10.1 Å². The van der Waals surface area contributed by atoms with Crippen LogP contribution < -0.4 is 14.3 Å². The molecule has 0 bridgehead atoms. The van der Waals surface area contributed by atoms with E-state index in [0.717, 1.165) is 5.69 Å². The van der Waals surface area contributed by atoms with Crippen LogP contribution in [0.15, 0.2) is 82.8 Å². The molecule has 0 heterocycles.